The molecule has 9 heteroatoms. The first-order chi connectivity index (χ1) is 26.4. The summed E-state index contributed by atoms with van der Waals surface area (Å²) in [6.07, 6.45) is 13.0. The molecule has 3 unspecified atom stereocenters. The van der Waals surface area contributed by atoms with Crippen molar-refractivity contribution >= 4 is 26.0 Å². The van der Waals surface area contributed by atoms with Crippen LogP contribution in [0, 0.1) is 41.4 Å². The number of carbonyl (C=O) groups excluding carboxylic acids is 1. The zero-order valence-corrected chi connectivity index (χ0v) is 37.5. The quantitative estimate of drug-likeness (QED) is 0.0914. The Morgan fingerprint density at radius 2 is 1.73 bits per heavy atom. The highest BCUT2D eigenvalue weighted by atomic mass is 28.4. The first kappa shape index (κ1) is 45.5. The predicted molar refractivity (Wildman–Crippen MR) is 231 cm³/mol. The molecular formula is C47H71NO7Si. The molecule has 0 saturated carbocycles. The van der Waals surface area contributed by atoms with Crippen molar-refractivity contribution in [1.29, 1.82) is 0 Å². The standard InChI is InChI=1S/C47H71NO7Si/c1-14-15-16-32(3)45(54-28-37-19-22-38(52-11)23-20-37)35(6)43-34(5)25-31(2)26-39(44(43)47(7,8)56(12,13)50)46(55-30-51-10)33(4)17-18-36-21-24-41-40(27-36)48(9)42(49)29-53-41/h15-24,26-27,32-35,39,43-46,50H,14,25,28-30H2,1-13H3/b16-15-,18-17-/t32?,33?,34-,35-,39+,43+,44?,45-,46-/m0/s1. The first-order valence-electron chi connectivity index (χ1n) is 20.6. The number of carbonyl (C=O) groups is 1. The number of rotatable bonds is 18. The number of fused-ring (bicyclic) bond motifs is 1. The number of hydrogen-bond donors (Lipinski definition) is 1. The summed E-state index contributed by atoms with van der Waals surface area (Å²) >= 11 is 0. The molecule has 8 nitrogen and oxygen atoms in total. The van der Waals surface area contributed by atoms with E-state index in [1.807, 2.05) is 30.3 Å². The summed E-state index contributed by atoms with van der Waals surface area (Å²) in [6, 6.07) is 14.1. The van der Waals surface area contributed by atoms with E-state index in [1.165, 1.54) is 5.57 Å². The van der Waals surface area contributed by atoms with Crippen LogP contribution in [0.5, 0.6) is 11.5 Å². The van der Waals surface area contributed by atoms with E-state index in [4.69, 9.17) is 23.7 Å². The molecule has 1 aliphatic carbocycles. The van der Waals surface area contributed by atoms with Gasteiger partial charge >= 0.3 is 0 Å². The molecular weight excluding hydrogens is 719 g/mol. The maximum atomic E-state index is 12.4. The number of ether oxygens (including phenoxy) is 5. The van der Waals surface area contributed by atoms with Gasteiger partial charge < -0.3 is 33.4 Å². The highest BCUT2D eigenvalue weighted by Gasteiger charge is 2.55. The van der Waals surface area contributed by atoms with Crippen molar-refractivity contribution in [2.45, 2.75) is 105 Å². The van der Waals surface area contributed by atoms with E-state index in [1.54, 1.807) is 26.2 Å². The number of benzene rings is 2. The van der Waals surface area contributed by atoms with Gasteiger partial charge in [0.25, 0.3) is 5.91 Å². The Labute approximate surface area is 339 Å². The molecule has 1 amide bonds. The Morgan fingerprint density at radius 1 is 1.04 bits per heavy atom. The molecule has 1 aliphatic heterocycles. The van der Waals surface area contributed by atoms with Gasteiger partial charge in [0, 0.05) is 31.9 Å². The molecule has 0 saturated heterocycles. The van der Waals surface area contributed by atoms with Crippen LogP contribution in [-0.2, 0) is 25.6 Å². The van der Waals surface area contributed by atoms with Crippen molar-refractivity contribution in [3.8, 4) is 11.5 Å². The third-order valence-electron chi connectivity index (χ3n) is 12.9. The van der Waals surface area contributed by atoms with E-state index >= 15 is 0 Å². The van der Waals surface area contributed by atoms with Gasteiger partial charge in [0.1, 0.15) is 18.3 Å². The van der Waals surface area contributed by atoms with E-state index in [0.29, 0.717) is 18.3 Å². The first-order valence-corrected chi connectivity index (χ1v) is 23.5. The van der Waals surface area contributed by atoms with E-state index in [0.717, 1.165) is 35.4 Å². The second kappa shape index (κ2) is 20.0. The Hall–Kier alpha value is -3.21. The molecule has 0 spiro atoms. The van der Waals surface area contributed by atoms with Gasteiger partial charge in [-0.15, -0.1) is 0 Å². The van der Waals surface area contributed by atoms with Crippen LogP contribution < -0.4 is 14.4 Å². The van der Waals surface area contributed by atoms with E-state index in [9.17, 15) is 9.59 Å². The maximum absolute atomic E-state index is 12.4. The second-order valence-electron chi connectivity index (χ2n) is 17.6. The van der Waals surface area contributed by atoms with Crippen LogP contribution in [-0.4, -0.2) is 65.9 Å². The molecule has 0 aromatic heterocycles. The summed E-state index contributed by atoms with van der Waals surface area (Å²) in [5.41, 5.74) is 4.19. The predicted octanol–water partition coefficient (Wildman–Crippen LogP) is 10.3. The number of likely N-dealkylation sites (N-methyl/N-ethyl adjacent to an activating group) is 1. The Bertz CT molecular complexity index is 1660. The summed E-state index contributed by atoms with van der Waals surface area (Å²) in [5, 5.41) is -0.400. The number of hydrogen-bond acceptors (Lipinski definition) is 7. The lowest BCUT2D eigenvalue weighted by Gasteiger charge is -2.53. The van der Waals surface area contributed by atoms with Gasteiger partial charge in [0.2, 0.25) is 0 Å². The molecule has 1 heterocycles. The van der Waals surface area contributed by atoms with Crippen molar-refractivity contribution in [1.82, 2.24) is 0 Å². The molecule has 310 valence electrons. The van der Waals surface area contributed by atoms with Crippen LogP contribution in [0.4, 0.5) is 5.69 Å². The lowest BCUT2D eigenvalue weighted by atomic mass is 9.61. The summed E-state index contributed by atoms with van der Waals surface area (Å²) in [6.45, 7) is 23.2. The molecule has 0 fully saturated rings. The Morgan fingerprint density at radius 3 is 2.36 bits per heavy atom. The van der Waals surface area contributed by atoms with Crippen molar-refractivity contribution in [3.63, 3.8) is 0 Å². The SMILES string of the molecule is CC/C=C\C(C)[C@H](OCc1ccc(OC)cc1)[C@@H](C)[C@@H]1C(C(C)(C)[Si](C)(C)O)[C@H]([C@@H](OCOC)C(C)/C=C\c2ccc3c(c2)N(C)C(=O)CO3)C=C(C)C[C@@H]1C. The monoisotopic (exact) mass is 789 g/mol. The van der Waals surface area contributed by atoms with Crippen LogP contribution in [0.2, 0.25) is 18.1 Å². The largest absolute Gasteiger partial charge is 0.497 e. The van der Waals surface area contributed by atoms with Gasteiger partial charge in [0.15, 0.2) is 14.9 Å². The average molecular weight is 790 g/mol. The molecule has 0 radical (unpaired) electrons. The minimum atomic E-state index is -2.79. The lowest BCUT2D eigenvalue weighted by Crippen LogP contribution is -2.54. The zero-order valence-electron chi connectivity index (χ0n) is 36.5. The molecule has 2 aromatic carbocycles. The maximum Gasteiger partial charge on any atom is 0.264 e. The molecule has 56 heavy (non-hydrogen) atoms. The number of nitrogens with zero attached hydrogens (tertiary/aromatic N) is 1. The van der Waals surface area contributed by atoms with Gasteiger partial charge in [-0.3, -0.25) is 4.79 Å². The highest BCUT2D eigenvalue weighted by molar-refractivity contribution is 6.73. The van der Waals surface area contributed by atoms with Crippen LogP contribution in [0.15, 0.2) is 72.3 Å². The Balaban J connectivity index is 1.80. The Kier molecular flexibility index (Phi) is 16.2. The van der Waals surface area contributed by atoms with Crippen molar-refractivity contribution < 1.29 is 33.3 Å². The van der Waals surface area contributed by atoms with E-state index in [-0.39, 0.29) is 67.0 Å². The number of anilines is 1. The van der Waals surface area contributed by atoms with Crippen molar-refractivity contribution in [2.24, 2.45) is 41.4 Å². The van der Waals surface area contributed by atoms with Crippen LogP contribution in [0.3, 0.4) is 0 Å². The number of amides is 1. The van der Waals surface area contributed by atoms with Gasteiger partial charge in [-0.05, 0) is 97.0 Å². The third kappa shape index (κ3) is 10.8. The number of methoxy groups -OCH3 is 2. The number of allylic oxidation sites excluding steroid dienone is 2. The molecule has 4 rings (SSSR count). The normalized spacial score (nSPS) is 23.6. The average Bonchev–Trinajstić information content (AvgIpc) is 3.29. The van der Waals surface area contributed by atoms with Gasteiger partial charge in [-0.2, -0.15) is 0 Å². The summed E-state index contributed by atoms with van der Waals surface area (Å²) in [7, 11) is 2.36. The second-order valence-corrected chi connectivity index (χ2v) is 22.0. The minimum absolute atomic E-state index is 0.0227. The zero-order chi connectivity index (χ0) is 41.4. The van der Waals surface area contributed by atoms with E-state index < -0.39 is 13.4 Å². The van der Waals surface area contributed by atoms with Crippen LogP contribution in [0.1, 0.15) is 79.4 Å². The fourth-order valence-corrected chi connectivity index (χ4v) is 10.4. The highest BCUT2D eigenvalue weighted by Crippen LogP contribution is 2.58. The molecule has 0 bridgehead atoms. The summed E-state index contributed by atoms with van der Waals surface area (Å²) in [5.74, 6) is 2.32. The molecule has 1 N–H and O–H groups in total. The fraction of sp³-hybridized carbons (Fsp3) is 0.596. The van der Waals surface area contributed by atoms with Crippen LogP contribution >= 0.6 is 0 Å². The van der Waals surface area contributed by atoms with Crippen LogP contribution in [0.25, 0.3) is 6.08 Å². The summed E-state index contributed by atoms with van der Waals surface area (Å²) in [4.78, 5) is 26.3. The smallest absolute Gasteiger partial charge is 0.264 e. The molecule has 2 aromatic rings. The summed E-state index contributed by atoms with van der Waals surface area (Å²) < 4.78 is 30.5. The van der Waals surface area contributed by atoms with Crippen molar-refractivity contribution in [2.75, 3.05) is 39.6 Å². The topological polar surface area (TPSA) is 86.7 Å². The molecule has 9 atom stereocenters. The van der Waals surface area contributed by atoms with E-state index in [2.05, 4.69) is 111 Å². The van der Waals surface area contributed by atoms with Gasteiger partial charge in [-0.25, -0.2) is 0 Å². The van der Waals surface area contributed by atoms with Gasteiger partial charge in [0.05, 0.1) is 31.6 Å². The van der Waals surface area contributed by atoms with Gasteiger partial charge in [-0.1, -0.05) is 103 Å². The fourth-order valence-electron chi connectivity index (χ4n) is 9.17. The lowest BCUT2D eigenvalue weighted by molar-refractivity contribution is -0.121. The third-order valence-corrected chi connectivity index (χ3v) is 16.4. The van der Waals surface area contributed by atoms with Crippen molar-refractivity contribution in [3.05, 3.63) is 83.5 Å². The molecule has 2 aliphatic rings. The minimum Gasteiger partial charge on any atom is -0.497 e.